The van der Waals surface area contributed by atoms with Gasteiger partial charge in [0, 0.05) is 0 Å². The molecule has 0 radical (unpaired) electrons. The van der Waals surface area contributed by atoms with E-state index in [9.17, 15) is 9.59 Å². The average Bonchev–Trinajstić information content (AvgIpc) is 2.69. The van der Waals surface area contributed by atoms with Gasteiger partial charge in [-0.05, 0) is 59.5 Å². The number of imide groups is 1. The molecule has 20 heavy (non-hydrogen) atoms. The molecule has 2 amide bonds. The summed E-state index contributed by atoms with van der Waals surface area (Å²) in [6.07, 6.45) is 1.76. The van der Waals surface area contributed by atoms with Crippen LogP contribution in [0.5, 0.6) is 5.75 Å². The molecule has 5 heteroatoms. The Labute approximate surface area is 122 Å². The van der Waals surface area contributed by atoms with Crippen molar-refractivity contribution in [3.63, 3.8) is 0 Å². The fraction of sp³-hybridized carbons (Fsp3) is 0.333. The minimum atomic E-state index is -0.332. The first-order valence-electron chi connectivity index (χ1n) is 6.35. The van der Waals surface area contributed by atoms with Crippen LogP contribution in [0.1, 0.15) is 36.5 Å². The maximum absolute atomic E-state index is 11.6. The minimum absolute atomic E-state index is 0.314. The van der Waals surface area contributed by atoms with E-state index in [1.807, 2.05) is 19.1 Å². The number of amides is 2. The van der Waals surface area contributed by atoms with E-state index in [-0.39, 0.29) is 11.1 Å². The molecule has 0 aromatic heterocycles. The van der Waals surface area contributed by atoms with Gasteiger partial charge in [0.2, 0.25) is 0 Å². The number of benzene rings is 1. The quantitative estimate of drug-likeness (QED) is 0.867. The molecule has 4 nitrogen and oxygen atoms in total. The third kappa shape index (κ3) is 2.88. The van der Waals surface area contributed by atoms with Gasteiger partial charge < -0.3 is 4.74 Å². The first kappa shape index (κ1) is 14.7. The van der Waals surface area contributed by atoms with Crippen LogP contribution in [0.15, 0.2) is 17.0 Å². The highest BCUT2D eigenvalue weighted by Crippen LogP contribution is 2.32. The number of carbonyl (C=O) groups is 2. The maximum Gasteiger partial charge on any atom is 0.290 e. The van der Waals surface area contributed by atoms with Crippen molar-refractivity contribution in [2.75, 3.05) is 7.11 Å². The van der Waals surface area contributed by atoms with Crippen molar-refractivity contribution < 1.29 is 14.3 Å². The topological polar surface area (TPSA) is 55.4 Å². The summed E-state index contributed by atoms with van der Waals surface area (Å²) in [6, 6.07) is 3.98. The predicted molar refractivity (Wildman–Crippen MR) is 80.9 cm³/mol. The fourth-order valence-electron chi connectivity index (χ4n) is 2.06. The van der Waals surface area contributed by atoms with Crippen LogP contribution in [0.4, 0.5) is 4.79 Å². The monoisotopic (exact) mass is 291 g/mol. The van der Waals surface area contributed by atoms with E-state index in [0.29, 0.717) is 10.8 Å². The number of thioether (sulfide) groups is 1. The Morgan fingerprint density at radius 1 is 1.30 bits per heavy atom. The largest absolute Gasteiger partial charge is 0.496 e. The number of methoxy groups -OCH3 is 1. The Balaban J connectivity index is 2.47. The molecule has 1 heterocycles. The lowest BCUT2D eigenvalue weighted by Gasteiger charge is -2.14. The highest BCUT2D eigenvalue weighted by atomic mass is 32.2. The number of nitrogens with one attached hydrogen (secondary N) is 1. The van der Waals surface area contributed by atoms with Gasteiger partial charge in [0.05, 0.1) is 12.0 Å². The van der Waals surface area contributed by atoms with E-state index in [1.165, 1.54) is 0 Å². The zero-order valence-electron chi connectivity index (χ0n) is 11.9. The molecule has 1 fully saturated rings. The molecule has 106 valence electrons. The molecular formula is C15H17NO3S. The van der Waals surface area contributed by atoms with Crippen LogP contribution in [0, 0.1) is 6.92 Å². The van der Waals surface area contributed by atoms with E-state index in [1.54, 1.807) is 13.2 Å². The molecule has 1 N–H and O–H groups in total. The molecule has 1 aliphatic rings. The van der Waals surface area contributed by atoms with E-state index in [0.717, 1.165) is 34.2 Å². The smallest absolute Gasteiger partial charge is 0.290 e. The van der Waals surface area contributed by atoms with Gasteiger partial charge in [0.1, 0.15) is 5.75 Å². The van der Waals surface area contributed by atoms with Crippen molar-refractivity contribution in [1.82, 2.24) is 5.32 Å². The molecule has 0 atom stereocenters. The lowest BCUT2D eigenvalue weighted by atomic mass is 9.96. The molecule has 1 aromatic rings. The summed E-state index contributed by atoms with van der Waals surface area (Å²) in [6.45, 7) is 6.13. The van der Waals surface area contributed by atoms with Gasteiger partial charge in [-0.25, -0.2) is 0 Å². The number of hydrogen-bond donors (Lipinski definition) is 1. The van der Waals surface area contributed by atoms with E-state index >= 15 is 0 Å². The van der Waals surface area contributed by atoms with Crippen LogP contribution in [0.2, 0.25) is 0 Å². The Hall–Kier alpha value is -1.75. The van der Waals surface area contributed by atoms with Crippen LogP contribution in [-0.2, 0) is 4.79 Å². The minimum Gasteiger partial charge on any atom is -0.496 e. The molecule has 0 saturated carbocycles. The van der Waals surface area contributed by atoms with Gasteiger partial charge in [0.25, 0.3) is 11.1 Å². The number of carbonyl (C=O) groups excluding carboxylic acids is 2. The summed E-state index contributed by atoms with van der Waals surface area (Å²) >= 11 is 0.932. The van der Waals surface area contributed by atoms with E-state index < -0.39 is 0 Å². The second-order valence-electron chi connectivity index (χ2n) is 4.96. The second-order valence-corrected chi connectivity index (χ2v) is 5.97. The van der Waals surface area contributed by atoms with Gasteiger partial charge in [-0.3, -0.25) is 14.9 Å². The van der Waals surface area contributed by atoms with Gasteiger partial charge in [0.15, 0.2) is 0 Å². The number of ether oxygens (including phenoxy) is 1. The normalized spacial score (nSPS) is 16.9. The SMILES string of the molecule is COc1cc(C)c(C=C2SC(=O)NC2=O)cc1C(C)C. The first-order valence-corrected chi connectivity index (χ1v) is 7.17. The third-order valence-corrected chi connectivity index (χ3v) is 3.98. The molecule has 1 saturated heterocycles. The molecule has 1 aliphatic heterocycles. The van der Waals surface area contributed by atoms with Crippen molar-refractivity contribution >= 4 is 29.0 Å². The highest BCUT2D eigenvalue weighted by Gasteiger charge is 2.25. The molecule has 0 spiro atoms. The molecule has 0 unspecified atom stereocenters. The zero-order chi connectivity index (χ0) is 14.9. The highest BCUT2D eigenvalue weighted by molar-refractivity contribution is 8.18. The summed E-state index contributed by atoms with van der Waals surface area (Å²) in [5, 5.41) is 1.94. The average molecular weight is 291 g/mol. The van der Waals surface area contributed by atoms with Crippen LogP contribution < -0.4 is 10.1 Å². The Morgan fingerprint density at radius 3 is 2.50 bits per heavy atom. The summed E-state index contributed by atoms with van der Waals surface area (Å²) < 4.78 is 5.39. The zero-order valence-corrected chi connectivity index (χ0v) is 12.8. The third-order valence-electron chi connectivity index (χ3n) is 3.17. The Morgan fingerprint density at radius 2 is 2.00 bits per heavy atom. The van der Waals surface area contributed by atoms with Gasteiger partial charge in [-0.15, -0.1) is 0 Å². The number of rotatable bonds is 3. The number of aryl methyl sites for hydroxylation is 1. The standard InChI is InChI=1S/C15H17NO3S/c1-8(2)11-6-10(9(3)5-12(11)19-4)7-13-14(17)16-15(18)20-13/h5-8H,1-4H3,(H,16,17,18). The molecular weight excluding hydrogens is 274 g/mol. The van der Waals surface area contributed by atoms with Crippen LogP contribution >= 0.6 is 11.8 Å². The summed E-state index contributed by atoms with van der Waals surface area (Å²) in [5.41, 5.74) is 3.02. The molecule has 1 aromatic carbocycles. The van der Waals surface area contributed by atoms with Crippen LogP contribution in [-0.4, -0.2) is 18.3 Å². The summed E-state index contributed by atoms with van der Waals surface area (Å²) in [7, 11) is 1.65. The van der Waals surface area contributed by atoms with Crippen molar-refractivity contribution in [2.45, 2.75) is 26.7 Å². The lowest BCUT2D eigenvalue weighted by molar-refractivity contribution is -0.115. The maximum atomic E-state index is 11.6. The van der Waals surface area contributed by atoms with E-state index in [4.69, 9.17) is 4.74 Å². The van der Waals surface area contributed by atoms with Gasteiger partial charge >= 0.3 is 0 Å². The Bertz CT molecular complexity index is 605. The van der Waals surface area contributed by atoms with Gasteiger partial charge in [-0.2, -0.15) is 0 Å². The van der Waals surface area contributed by atoms with E-state index in [2.05, 4.69) is 19.2 Å². The first-order chi connectivity index (χ1) is 9.42. The fourth-order valence-corrected chi connectivity index (χ4v) is 2.73. The van der Waals surface area contributed by atoms with Crippen molar-refractivity contribution in [3.8, 4) is 5.75 Å². The molecule has 0 bridgehead atoms. The van der Waals surface area contributed by atoms with Crippen LogP contribution in [0.25, 0.3) is 6.08 Å². The lowest BCUT2D eigenvalue weighted by Crippen LogP contribution is -2.17. The summed E-state index contributed by atoms with van der Waals surface area (Å²) in [4.78, 5) is 23.2. The van der Waals surface area contributed by atoms with Crippen LogP contribution in [0.3, 0.4) is 0 Å². The molecule has 0 aliphatic carbocycles. The second kappa shape index (κ2) is 5.71. The molecule has 2 rings (SSSR count). The van der Waals surface area contributed by atoms with Gasteiger partial charge in [-0.1, -0.05) is 13.8 Å². The van der Waals surface area contributed by atoms with Crippen molar-refractivity contribution in [2.24, 2.45) is 0 Å². The Kier molecular flexibility index (Phi) is 4.18. The summed E-state index contributed by atoms with van der Waals surface area (Å²) in [5.74, 6) is 0.829. The number of hydrogen-bond acceptors (Lipinski definition) is 4. The van der Waals surface area contributed by atoms with Crippen molar-refractivity contribution in [3.05, 3.63) is 33.7 Å². The predicted octanol–water partition coefficient (Wildman–Crippen LogP) is 3.45. The van der Waals surface area contributed by atoms with Crippen molar-refractivity contribution in [1.29, 1.82) is 0 Å².